The Morgan fingerprint density at radius 2 is 1.87 bits per heavy atom. The van der Waals surface area contributed by atoms with E-state index in [1.807, 2.05) is 0 Å². The van der Waals surface area contributed by atoms with Crippen LogP contribution in [0, 0.1) is 0 Å². The number of aromatic amines is 1. The Morgan fingerprint density at radius 1 is 1.00 bits per heavy atom. The number of nitrogens with one attached hydrogen (secondary N) is 2. The van der Waals surface area contributed by atoms with Gasteiger partial charge in [-0.05, 0) is 42.9 Å². The lowest BCUT2D eigenvalue weighted by molar-refractivity contribution is 0.00791. The highest BCUT2D eigenvalue weighted by Gasteiger charge is 2.29. The molecular weight excluding hydrogens is 390 g/mol. The molecular formula is C23H27N7O. The first kappa shape index (κ1) is 18.9. The van der Waals surface area contributed by atoms with Crippen molar-refractivity contribution in [2.24, 2.45) is 0 Å². The minimum absolute atomic E-state index is 0.456. The average molecular weight is 418 g/mol. The summed E-state index contributed by atoms with van der Waals surface area (Å²) < 4.78 is 5.52. The van der Waals surface area contributed by atoms with E-state index < -0.39 is 0 Å². The SMILES string of the molecule is c1n[nH]c(-c2ccc3c(c2)-c2c(ncnc2NC2CCC(N4CCOCC4)CC2)C3)n1. The van der Waals surface area contributed by atoms with Crippen molar-refractivity contribution in [2.75, 3.05) is 31.6 Å². The van der Waals surface area contributed by atoms with Crippen molar-refractivity contribution in [3.05, 3.63) is 42.1 Å². The van der Waals surface area contributed by atoms with Gasteiger partial charge in [0.2, 0.25) is 0 Å². The number of rotatable bonds is 4. The van der Waals surface area contributed by atoms with Gasteiger partial charge < -0.3 is 10.1 Å². The fourth-order valence-electron chi connectivity index (χ4n) is 5.31. The molecule has 3 aromatic rings. The predicted molar refractivity (Wildman–Crippen MR) is 118 cm³/mol. The molecule has 160 valence electrons. The van der Waals surface area contributed by atoms with Crippen molar-refractivity contribution >= 4 is 5.82 Å². The third-order valence-electron chi connectivity index (χ3n) is 6.95. The second kappa shape index (κ2) is 8.01. The second-order valence-electron chi connectivity index (χ2n) is 8.72. The number of hydrogen-bond donors (Lipinski definition) is 2. The van der Waals surface area contributed by atoms with Crippen LogP contribution in [0.25, 0.3) is 22.5 Å². The van der Waals surface area contributed by atoms with Crippen LogP contribution in [0.5, 0.6) is 0 Å². The van der Waals surface area contributed by atoms with Crippen LogP contribution >= 0.6 is 0 Å². The van der Waals surface area contributed by atoms with Crippen molar-refractivity contribution < 1.29 is 4.74 Å². The lowest BCUT2D eigenvalue weighted by Gasteiger charge is -2.39. The summed E-state index contributed by atoms with van der Waals surface area (Å²) in [5, 5.41) is 10.7. The van der Waals surface area contributed by atoms with Gasteiger partial charge in [-0.1, -0.05) is 12.1 Å². The van der Waals surface area contributed by atoms with E-state index in [0.717, 1.165) is 61.2 Å². The predicted octanol–water partition coefficient (Wildman–Crippen LogP) is 2.89. The van der Waals surface area contributed by atoms with E-state index >= 15 is 0 Å². The molecule has 0 unspecified atom stereocenters. The largest absolute Gasteiger partial charge is 0.379 e. The molecule has 2 fully saturated rings. The Hall–Kier alpha value is -2.84. The molecule has 3 heterocycles. The maximum Gasteiger partial charge on any atom is 0.155 e. The third kappa shape index (κ3) is 3.59. The van der Waals surface area contributed by atoms with Crippen LogP contribution in [-0.2, 0) is 11.2 Å². The zero-order valence-corrected chi connectivity index (χ0v) is 17.5. The summed E-state index contributed by atoms with van der Waals surface area (Å²) in [5.41, 5.74) is 5.77. The number of benzene rings is 1. The maximum absolute atomic E-state index is 5.52. The molecule has 1 saturated carbocycles. The smallest absolute Gasteiger partial charge is 0.155 e. The number of hydrogen-bond acceptors (Lipinski definition) is 7. The second-order valence-corrected chi connectivity index (χ2v) is 8.72. The van der Waals surface area contributed by atoms with Gasteiger partial charge in [-0.3, -0.25) is 10.00 Å². The van der Waals surface area contributed by atoms with E-state index in [0.29, 0.717) is 12.1 Å². The Balaban J connectivity index is 1.21. The quantitative estimate of drug-likeness (QED) is 0.527. The molecule has 6 rings (SSSR count). The molecule has 2 aromatic heterocycles. The lowest BCUT2D eigenvalue weighted by atomic mass is 9.89. The lowest BCUT2D eigenvalue weighted by Crippen LogP contribution is -2.46. The van der Waals surface area contributed by atoms with Gasteiger partial charge in [0.1, 0.15) is 18.5 Å². The van der Waals surface area contributed by atoms with Gasteiger partial charge in [0.25, 0.3) is 0 Å². The molecule has 0 amide bonds. The molecule has 1 aliphatic heterocycles. The van der Waals surface area contributed by atoms with E-state index in [-0.39, 0.29) is 0 Å². The maximum atomic E-state index is 5.52. The average Bonchev–Trinajstić information content (AvgIpc) is 3.48. The van der Waals surface area contributed by atoms with Gasteiger partial charge in [-0.2, -0.15) is 5.10 Å². The number of nitrogens with zero attached hydrogens (tertiary/aromatic N) is 5. The van der Waals surface area contributed by atoms with Gasteiger partial charge in [-0.25, -0.2) is 15.0 Å². The van der Waals surface area contributed by atoms with E-state index in [2.05, 4.69) is 53.6 Å². The highest BCUT2D eigenvalue weighted by atomic mass is 16.5. The number of anilines is 1. The molecule has 3 aliphatic rings. The number of ether oxygens (including phenoxy) is 1. The summed E-state index contributed by atoms with van der Waals surface area (Å²) >= 11 is 0. The van der Waals surface area contributed by atoms with Gasteiger partial charge in [0.05, 0.1) is 18.9 Å². The van der Waals surface area contributed by atoms with Crippen LogP contribution in [0.4, 0.5) is 5.82 Å². The van der Waals surface area contributed by atoms with Gasteiger partial charge in [0, 0.05) is 42.7 Å². The summed E-state index contributed by atoms with van der Waals surface area (Å²) in [6.07, 6.45) is 8.90. The Kier molecular flexibility index (Phi) is 4.88. The van der Waals surface area contributed by atoms with Crippen LogP contribution in [-0.4, -0.2) is 68.4 Å². The fourth-order valence-corrected chi connectivity index (χ4v) is 5.31. The van der Waals surface area contributed by atoms with E-state index in [1.54, 1.807) is 12.7 Å². The summed E-state index contributed by atoms with van der Waals surface area (Å²) in [5.74, 6) is 1.75. The zero-order valence-electron chi connectivity index (χ0n) is 17.5. The fraction of sp³-hybridized carbons (Fsp3) is 0.478. The molecule has 31 heavy (non-hydrogen) atoms. The number of morpholine rings is 1. The summed E-state index contributed by atoms with van der Waals surface area (Å²) in [7, 11) is 0. The minimum Gasteiger partial charge on any atom is -0.379 e. The van der Waals surface area contributed by atoms with Crippen LogP contribution < -0.4 is 5.32 Å². The van der Waals surface area contributed by atoms with Crippen molar-refractivity contribution in [3.8, 4) is 22.5 Å². The van der Waals surface area contributed by atoms with E-state index in [9.17, 15) is 0 Å². The molecule has 0 atom stereocenters. The van der Waals surface area contributed by atoms with Crippen molar-refractivity contribution in [2.45, 2.75) is 44.2 Å². The van der Waals surface area contributed by atoms with Crippen molar-refractivity contribution in [3.63, 3.8) is 0 Å². The van der Waals surface area contributed by atoms with E-state index in [1.165, 1.54) is 36.8 Å². The number of fused-ring (bicyclic) bond motifs is 3. The van der Waals surface area contributed by atoms with Crippen LogP contribution in [0.1, 0.15) is 36.9 Å². The number of aromatic nitrogens is 5. The summed E-state index contributed by atoms with van der Waals surface area (Å²) in [4.78, 5) is 16.2. The third-order valence-corrected chi connectivity index (χ3v) is 6.95. The normalized spacial score (nSPS) is 23.4. The monoisotopic (exact) mass is 417 g/mol. The zero-order chi connectivity index (χ0) is 20.6. The Bertz CT molecular complexity index is 1050. The first-order chi connectivity index (χ1) is 15.3. The van der Waals surface area contributed by atoms with Gasteiger partial charge in [-0.15, -0.1) is 0 Å². The van der Waals surface area contributed by atoms with E-state index in [4.69, 9.17) is 4.74 Å². The highest BCUT2D eigenvalue weighted by Crippen LogP contribution is 2.41. The minimum atomic E-state index is 0.456. The van der Waals surface area contributed by atoms with Crippen molar-refractivity contribution in [1.29, 1.82) is 0 Å². The first-order valence-corrected chi connectivity index (χ1v) is 11.3. The molecule has 0 spiro atoms. The summed E-state index contributed by atoms with van der Waals surface area (Å²) in [6, 6.07) is 7.61. The summed E-state index contributed by atoms with van der Waals surface area (Å²) in [6.45, 7) is 3.90. The van der Waals surface area contributed by atoms with Crippen LogP contribution in [0.3, 0.4) is 0 Å². The molecule has 0 radical (unpaired) electrons. The highest BCUT2D eigenvalue weighted by molar-refractivity contribution is 5.86. The van der Waals surface area contributed by atoms with Gasteiger partial charge >= 0.3 is 0 Å². The van der Waals surface area contributed by atoms with Crippen molar-refractivity contribution in [1.82, 2.24) is 30.0 Å². The first-order valence-electron chi connectivity index (χ1n) is 11.3. The molecule has 1 aromatic carbocycles. The molecule has 2 aliphatic carbocycles. The molecule has 2 N–H and O–H groups in total. The topological polar surface area (TPSA) is 91.8 Å². The standard InChI is InChI=1S/C23H27N7O/c1-2-16(22-26-14-27-29-22)11-19-15(1)12-20-21(19)23(25-13-24-20)28-17-3-5-18(6-4-17)30-7-9-31-10-8-30/h1-2,11,13-14,17-18H,3-10,12H2,(H,24,25,28)(H,26,27,29). The Labute approximate surface area is 181 Å². The van der Waals surface area contributed by atoms with Gasteiger partial charge in [0.15, 0.2) is 5.82 Å². The molecule has 8 heteroatoms. The molecule has 0 bridgehead atoms. The van der Waals surface area contributed by atoms with Crippen LogP contribution in [0.15, 0.2) is 30.9 Å². The number of H-pyrrole nitrogens is 1. The molecule has 1 saturated heterocycles. The van der Waals surface area contributed by atoms with Crippen LogP contribution in [0.2, 0.25) is 0 Å². The molecule has 8 nitrogen and oxygen atoms in total. The Morgan fingerprint density at radius 3 is 2.68 bits per heavy atom.